The molecular formula is C19H24FNO4. The zero-order valence-corrected chi connectivity index (χ0v) is 14.6. The van der Waals surface area contributed by atoms with Gasteiger partial charge in [-0.2, -0.15) is 0 Å². The van der Waals surface area contributed by atoms with E-state index in [1.807, 2.05) is 0 Å². The maximum atomic E-state index is 13.6. The van der Waals surface area contributed by atoms with E-state index >= 15 is 0 Å². The van der Waals surface area contributed by atoms with Crippen molar-refractivity contribution in [3.8, 4) is 5.75 Å². The fourth-order valence-electron chi connectivity index (χ4n) is 2.70. The summed E-state index contributed by atoms with van der Waals surface area (Å²) in [6, 6.07) is 3.76. The number of nitrogens with one attached hydrogen (secondary N) is 1. The number of carbonyl (C=O) groups is 2. The standard InChI is InChI=1S/C19H24FNO4/c1-13(18(22)21-11-10-14-6-4-3-5-7-14)25-19(23)15-8-9-17(24-2)16(20)12-15/h6,8-9,12-13H,3-5,7,10-11H2,1-2H3,(H,21,22)/t13-/m0/s1. The van der Waals surface area contributed by atoms with Gasteiger partial charge in [-0.3, -0.25) is 4.79 Å². The Morgan fingerprint density at radius 2 is 2.12 bits per heavy atom. The lowest BCUT2D eigenvalue weighted by Gasteiger charge is -2.16. The monoisotopic (exact) mass is 349 g/mol. The van der Waals surface area contributed by atoms with E-state index in [1.54, 1.807) is 0 Å². The third kappa shape index (κ3) is 5.59. The van der Waals surface area contributed by atoms with Crippen LogP contribution in [0.3, 0.4) is 0 Å². The van der Waals surface area contributed by atoms with Gasteiger partial charge in [-0.1, -0.05) is 11.6 Å². The molecule has 1 aromatic rings. The Kier molecular flexibility index (Phi) is 6.98. The molecule has 0 saturated carbocycles. The van der Waals surface area contributed by atoms with Crippen LogP contribution >= 0.6 is 0 Å². The number of hydrogen-bond donors (Lipinski definition) is 1. The Labute approximate surface area is 147 Å². The van der Waals surface area contributed by atoms with Crippen LogP contribution in [0.1, 0.15) is 49.4 Å². The molecule has 1 amide bonds. The van der Waals surface area contributed by atoms with Gasteiger partial charge in [0.05, 0.1) is 12.7 Å². The van der Waals surface area contributed by atoms with Gasteiger partial charge in [0.15, 0.2) is 17.7 Å². The number of halogens is 1. The van der Waals surface area contributed by atoms with Crippen LogP contribution in [-0.4, -0.2) is 31.6 Å². The minimum Gasteiger partial charge on any atom is -0.494 e. The molecule has 6 heteroatoms. The summed E-state index contributed by atoms with van der Waals surface area (Å²) in [6.45, 7) is 2.01. The summed E-state index contributed by atoms with van der Waals surface area (Å²) in [5.74, 6) is -1.73. The number of hydrogen-bond acceptors (Lipinski definition) is 4. The molecule has 0 aliphatic heterocycles. The van der Waals surface area contributed by atoms with Gasteiger partial charge in [0, 0.05) is 6.54 Å². The SMILES string of the molecule is COc1ccc(C(=O)O[C@@H](C)C(=O)NCCC2=CCCCC2)cc1F. The fraction of sp³-hybridized carbons (Fsp3) is 0.474. The summed E-state index contributed by atoms with van der Waals surface area (Å²) in [5.41, 5.74) is 1.40. The molecule has 0 bridgehead atoms. The number of carbonyl (C=O) groups excluding carboxylic acids is 2. The number of ether oxygens (including phenoxy) is 2. The summed E-state index contributed by atoms with van der Waals surface area (Å²) in [4.78, 5) is 24.0. The highest BCUT2D eigenvalue weighted by Crippen LogP contribution is 2.20. The molecule has 1 N–H and O–H groups in total. The van der Waals surface area contributed by atoms with Crippen molar-refractivity contribution in [1.82, 2.24) is 5.32 Å². The topological polar surface area (TPSA) is 64.6 Å². The number of methoxy groups -OCH3 is 1. The van der Waals surface area contributed by atoms with Gasteiger partial charge < -0.3 is 14.8 Å². The Hall–Kier alpha value is -2.37. The van der Waals surface area contributed by atoms with Crippen molar-refractivity contribution >= 4 is 11.9 Å². The predicted octanol–water partition coefficient (Wildman–Crippen LogP) is 3.39. The molecular weight excluding hydrogens is 325 g/mol. The highest BCUT2D eigenvalue weighted by molar-refractivity contribution is 5.92. The molecule has 0 spiro atoms. The van der Waals surface area contributed by atoms with Gasteiger partial charge >= 0.3 is 5.97 Å². The highest BCUT2D eigenvalue weighted by atomic mass is 19.1. The lowest BCUT2D eigenvalue weighted by atomic mass is 9.97. The second kappa shape index (κ2) is 9.20. The van der Waals surface area contributed by atoms with Crippen molar-refractivity contribution in [2.75, 3.05) is 13.7 Å². The lowest BCUT2D eigenvalue weighted by Crippen LogP contribution is -2.36. The summed E-state index contributed by atoms with van der Waals surface area (Å²) < 4.78 is 23.5. The van der Waals surface area contributed by atoms with E-state index in [1.165, 1.54) is 44.6 Å². The molecule has 1 aromatic carbocycles. The normalized spacial score (nSPS) is 15.1. The van der Waals surface area contributed by atoms with Crippen LogP contribution < -0.4 is 10.1 Å². The third-order valence-corrected chi connectivity index (χ3v) is 4.17. The number of benzene rings is 1. The van der Waals surface area contributed by atoms with E-state index in [0.717, 1.165) is 25.3 Å². The molecule has 1 atom stereocenters. The van der Waals surface area contributed by atoms with Crippen LogP contribution in [0.5, 0.6) is 5.75 Å². The Morgan fingerprint density at radius 3 is 2.76 bits per heavy atom. The van der Waals surface area contributed by atoms with Gasteiger partial charge in [-0.15, -0.1) is 0 Å². The van der Waals surface area contributed by atoms with E-state index in [4.69, 9.17) is 9.47 Å². The van der Waals surface area contributed by atoms with E-state index < -0.39 is 17.9 Å². The van der Waals surface area contributed by atoms with Crippen LogP contribution in [0.15, 0.2) is 29.8 Å². The maximum Gasteiger partial charge on any atom is 0.339 e. The molecule has 0 aromatic heterocycles. The van der Waals surface area contributed by atoms with E-state index in [0.29, 0.717) is 6.54 Å². The van der Waals surface area contributed by atoms with Gasteiger partial charge in [0.1, 0.15) is 0 Å². The summed E-state index contributed by atoms with van der Waals surface area (Å²) >= 11 is 0. The average molecular weight is 349 g/mol. The predicted molar refractivity (Wildman–Crippen MR) is 92.0 cm³/mol. The minimum atomic E-state index is -0.946. The maximum absolute atomic E-state index is 13.6. The van der Waals surface area contributed by atoms with Crippen molar-refractivity contribution in [1.29, 1.82) is 0 Å². The first-order valence-corrected chi connectivity index (χ1v) is 8.51. The Balaban J connectivity index is 1.80. The molecule has 0 unspecified atom stereocenters. The molecule has 2 rings (SSSR count). The summed E-state index contributed by atoms with van der Waals surface area (Å²) in [5, 5.41) is 2.77. The van der Waals surface area contributed by atoms with Gasteiger partial charge in [0.2, 0.25) is 0 Å². The molecule has 0 heterocycles. The van der Waals surface area contributed by atoms with Crippen LogP contribution in [-0.2, 0) is 9.53 Å². The average Bonchev–Trinajstić information content (AvgIpc) is 2.62. The molecule has 0 radical (unpaired) electrons. The Bertz CT molecular complexity index is 657. The van der Waals surface area contributed by atoms with Crippen molar-refractivity contribution in [2.45, 2.75) is 45.1 Å². The first-order valence-electron chi connectivity index (χ1n) is 8.51. The fourth-order valence-corrected chi connectivity index (χ4v) is 2.70. The van der Waals surface area contributed by atoms with Crippen molar-refractivity contribution in [2.24, 2.45) is 0 Å². The quantitative estimate of drug-likeness (QED) is 0.605. The minimum absolute atomic E-state index is 0.0327. The van der Waals surface area contributed by atoms with E-state index in [9.17, 15) is 14.0 Å². The zero-order valence-electron chi connectivity index (χ0n) is 14.6. The van der Waals surface area contributed by atoms with Crippen molar-refractivity contribution in [3.05, 3.63) is 41.2 Å². The number of rotatable bonds is 7. The van der Waals surface area contributed by atoms with Gasteiger partial charge in [-0.05, 0) is 57.2 Å². The first-order chi connectivity index (χ1) is 12.0. The van der Waals surface area contributed by atoms with E-state index in [2.05, 4.69) is 11.4 Å². The largest absolute Gasteiger partial charge is 0.494 e. The molecule has 1 aliphatic rings. The number of allylic oxidation sites excluding steroid dienone is 1. The molecule has 1 aliphatic carbocycles. The molecule has 25 heavy (non-hydrogen) atoms. The zero-order chi connectivity index (χ0) is 18.2. The van der Waals surface area contributed by atoms with Crippen LogP contribution in [0.25, 0.3) is 0 Å². The number of esters is 1. The highest BCUT2D eigenvalue weighted by Gasteiger charge is 2.19. The third-order valence-electron chi connectivity index (χ3n) is 4.17. The van der Waals surface area contributed by atoms with E-state index in [-0.39, 0.29) is 17.2 Å². The first kappa shape index (κ1) is 19.0. The molecule has 0 saturated heterocycles. The second-order valence-electron chi connectivity index (χ2n) is 6.05. The Morgan fingerprint density at radius 1 is 1.32 bits per heavy atom. The van der Waals surface area contributed by atoms with Crippen LogP contribution in [0.2, 0.25) is 0 Å². The molecule has 5 nitrogen and oxygen atoms in total. The van der Waals surface area contributed by atoms with Gasteiger partial charge in [0.25, 0.3) is 5.91 Å². The summed E-state index contributed by atoms with van der Waals surface area (Å²) in [7, 11) is 1.34. The summed E-state index contributed by atoms with van der Waals surface area (Å²) in [6.07, 6.45) is 6.73. The van der Waals surface area contributed by atoms with Crippen molar-refractivity contribution in [3.63, 3.8) is 0 Å². The second-order valence-corrected chi connectivity index (χ2v) is 6.05. The number of amides is 1. The van der Waals surface area contributed by atoms with Gasteiger partial charge in [-0.25, -0.2) is 9.18 Å². The smallest absolute Gasteiger partial charge is 0.339 e. The van der Waals surface area contributed by atoms with Crippen LogP contribution in [0.4, 0.5) is 4.39 Å². The van der Waals surface area contributed by atoms with Crippen LogP contribution in [0, 0.1) is 5.82 Å². The lowest BCUT2D eigenvalue weighted by molar-refractivity contribution is -0.129. The molecule has 136 valence electrons. The van der Waals surface area contributed by atoms with Crippen molar-refractivity contribution < 1.29 is 23.5 Å². The molecule has 0 fully saturated rings.